The summed E-state index contributed by atoms with van der Waals surface area (Å²) in [7, 11) is 0. The van der Waals surface area contributed by atoms with Crippen molar-refractivity contribution in [2.45, 2.75) is 6.42 Å². The molecule has 0 spiro atoms. The number of thiophene rings is 1. The van der Waals surface area contributed by atoms with Gasteiger partial charge in [-0.25, -0.2) is 8.78 Å². The van der Waals surface area contributed by atoms with E-state index >= 15 is 0 Å². The summed E-state index contributed by atoms with van der Waals surface area (Å²) in [5.41, 5.74) is 0.0343. The van der Waals surface area contributed by atoms with Gasteiger partial charge in [0.2, 0.25) is 0 Å². The molecule has 0 fully saturated rings. The van der Waals surface area contributed by atoms with Crippen molar-refractivity contribution in [2.24, 2.45) is 0 Å². The van der Waals surface area contributed by atoms with Crippen LogP contribution in [-0.2, 0) is 6.42 Å². The molecule has 2 aromatic rings. The van der Waals surface area contributed by atoms with Gasteiger partial charge in [-0.05, 0) is 24.3 Å². The molecule has 1 aromatic carbocycles. The fourth-order valence-corrected chi connectivity index (χ4v) is 2.51. The lowest BCUT2D eigenvalue weighted by Gasteiger charge is -2.00. The predicted molar refractivity (Wildman–Crippen MR) is 63.7 cm³/mol. The van der Waals surface area contributed by atoms with Gasteiger partial charge in [0, 0.05) is 22.9 Å². The third kappa shape index (κ3) is 3.11. The summed E-state index contributed by atoms with van der Waals surface area (Å²) in [5.74, 6) is -1.84. The predicted octanol–water partition coefficient (Wildman–Crippen LogP) is 4.11. The number of rotatable bonds is 3. The Balaban J connectivity index is 2.19. The van der Waals surface area contributed by atoms with Crippen LogP contribution in [0.2, 0.25) is 4.34 Å². The zero-order valence-corrected chi connectivity index (χ0v) is 10.1. The van der Waals surface area contributed by atoms with Crippen molar-refractivity contribution in [3.8, 4) is 0 Å². The summed E-state index contributed by atoms with van der Waals surface area (Å²) in [6.45, 7) is 0. The van der Waals surface area contributed by atoms with E-state index in [-0.39, 0.29) is 17.8 Å². The first kappa shape index (κ1) is 12.2. The molecular formula is C12H7ClF2OS. The van der Waals surface area contributed by atoms with Crippen molar-refractivity contribution in [3.05, 3.63) is 56.7 Å². The first-order valence-electron chi connectivity index (χ1n) is 4.78. The third-order valence-electron chi connectivity index (χ3n) is 2.15. The van der Waals surface area contributed by atoms with Crippen molar-refractivity contribution in [2.75, 3.05) is 0 Å². The van der Waals surface area contributed by atoms with Crippen LogP contribution in [-0.4, -0.2) is 5.78 Å². The average Bonchev–Trinajstić information content (AvgIpc) is 2.62. The molecule has 1 aromatic heterocycles. The molecule has 0 unspecified atom stereocenters. The summed E-state index contributed by atoms with van der Waals surface area (Å²) in [6.07, 6.45) is 0.0975. The number of carbonyl (C=O) groups is 1. The molecule has 0 aliphatic heterocycles. The van der Waals surface area contributed by atoms with Crippen LogP contribution in [0.5, 0.6) is 0 Å². The number of halogens is 3. The lowest BCUT2D eigenvalue weighted by molar-refractivity contribution is 0.0993. The standard InChI is InChI=1S/C12H7ClF2OS/c13-12-2-1-10(17-12)6-11(16)7-3-8(14)5-9(15)4-7/h1-5H,6H2. The monoisotopic (exact) mass is 272 g/mol. The van der Waals surface area contributed by atoms with Crippen molar-refractivity contribution in [3.63, 3.8) is 0 Å². The van der Waals surface area contributed by atoms with E-state index in [0.717, 1.165) is 23.1 Å². The van der Waals surface area contributed by atoms with E-state index < -0.39 is 11.6 Å². The molecule has 0 saturated carbocycles. The minimum atomic E-state index is -0.752. The number of Topliss-reactive ketones (excluding diaryl/α,β-unsaturated/α-hetero) is 1. The summed E-state index contributed by atoms with van der Waals surface area (Å²) >= 11 is 7.00. The van der Waals surface area contributed by atoms with E-state index in [1.54, 1.807) is 12.1 Å². The minimum Gasteiger partial charge on any atom is -0.294 e. The summed E-state index contributed by atoms with van der Waals surface area (Å²) in [4.78, 5) is 12.5. The van der Waals surface area contributed by atoms with Crippen LogP contribution < -0.4 is 0 Å². The Hall–Kier alpha value is -1.26. The third-order valence-corrected chi connectivity index (χ3v) is 3.38. The van der Waals surface area contributed by atoms with Crippen molar-refractivity contribution in [1.82, 2.24) is 0 Å². The van der Waals surface area contributed by atoms with Crippen LogP contribution >= 0.6 is 22.9 Å². The Labute approximate surface area is 106 Å². The molecular weight excluding hydrogens is 266 g/mol. The molecule has 88 valence electrons. The van der Waals surface area contributed by atoms with E-state index in [0.29, 0.717) is 4.34 Å². The van der Waals surface area contributed by atoms with Crippen LogP contribution in [0.15, 0.2) is 30.3 Å². The lowest BCUT2D eigenvalue weighted by atomic mass is 10.1. The molecule has 1 heterocycles. The molecule has 0 atom stereocenters. The highest BCUT2D eigenvalue weighted by atomic mass is 35.5. The second-order valence-electron chi connectivity index (χ2n) is 3.46. The maximum Gasteiger partial charge on any atom is 0.168 e. The number of hydrogen-bond donors (Lipinski definition) is 0. The van der Waals surface area contributed by atoms with E-state index in [9.17, 15) is 13.6 Å². The molecule has 0 bridgehead atoms. The van der Waals surface area contributed by atoms with Crippen LogP contribution in [0.25, 0.3) is 0 Å². The minimum absolute atomic E-state index is 0.0343. The summed E-state index contributed by atoms with van der Waals surface area (Å²) in [5, 5.41) is 0. The van der Waals surface area contributed by atoms with Crippen LogP contribution in [0.3, 0.4) is 0 Å². The Bertz CT molecular complexity index is 545. The van der Waals surface area contributed by atoms with Gasteiger partial charge in [0.1, 0.15) is 11.6 Å². The molecule has 0 aliphatic rings. The maximum atomic E-state index is 12.9. The summed E-state index contributed by atoms with van der Waals surface area (Å²) in [6, 6.07) is 6.20. The maximum absolute atomic E-state index is 12.9. The zero-order valence-electron chi connectivity index (χ0n) is 8.54. The van der Waals surface area contributed by atoms with E-state index in [1.807, 2.05) is 0 Å². The largest absolute Gasteiger partial charge is 0.294 e. The van der Waals surface area contributed by atoms with Gasteiger partial charge in [-0.3, -0.25) is 4.79 Å². The molecule has 0 N–H and O–H groups in total. The average molecular weight is 273 g/mol. The van der Waals surface area contributed by atoms with Crippen molar-refractivity contribution < 1.29 is 13.6 Å². The second kappa shape index (κ2) is 4.94. The smallest absolute Gasteiger partial charge is 0.168 e. The zero-order chi connectivity index (χ0) is 12.4. The van der Waals surface area contributed by atoms with Crippen LogP contribution in [0.1, 0.15) is 15.2 Å². The normalized spacial score (nSPS) is 10.5. The topological polar surface area (TPSA) is 17.1 Å². The molecule has 0 aliphatic carbocycles. The van der Waals surface area contributed by atoms with Gasteiger partial charge in [-0.1, -0.05) is 11.6 Å². The first-order chi connectivity index (χ1) is 8.04. The lowest BCUT2D eigenvalue weighted by Crippen LogP contribution is -2.03. The van der Waals surface area contributed by atoms with Gasteiger partial charge < -0.3 is 0 Å². The SMILES string of the molecule is O=C(Cc1ccc(Cl)s1)c1cc(F)cc(F)c1. The highest BCUT2D eigenvalue weighted by Crippen LogP contribution is 2.23. The van der Waals surface area contributed by atoms with E-state index in [4.69, 9.17) is 11.6 Å². The molecule has 0 saturated heterocycles. The fraction of sp³-hybridized carbons (Fsp3) is 0.0833. The quantitative estimate of drug-likeness (QED) is 0.769. The van der Waals surface area contributed by atoms with Crippen molar-refractivity contribution in [1.29, 1.82) is 0 Å². The first-order valence-corrected chi connectivity index (χ1v) is 5.97. The van der Waals surface area contributed by atoms with Gasteiger partial charge >= 0.3 is 0 Å². The molecule has 5 heteroatoms. The van der Waals surface area contributed by atoms with Gasteiger partial charge in [-0.15, -0.1) is 11.3 Å². The highest BCUT2D eigenvalue weighted by molar-refractivity contribution is 7.16. The highest BCUT2D eigenvalue weighted by Gasteiger charge is 2.11. The van der Waals surface area contributed by atoms with Gasteiger partial charge in [0.05, 0.1) is 4.34 Å². The number of carbonyl (C=O) groups excluding carboxylic acids is 1. The van der Waals surface area contributed by atoms with E-state index in [2.05, 4.69) is 0 Å². The number of benzene rings is 1. The molecule has 0 amide bonds. The fourth-order valence-electron chi connectivity index (χ4n) is 1.42. The Morgan fingerprint density at radius 3 is 2.35 bits per heavy atom. The molecule has 2 rings (SSSR count). The van der Waals surface area contributed by atoms with Gasteiger partial charge in [-0.2, -0.15) is 0 Å². The molecule has 1 nitrogen and oxygen atoms in total. The number of ketones is 1. The number of hydrogen-bond acceptors (Lipinski definition) is 2. The van der Waals surface area contributed by atoms with Crippen LogP contribution in [0.4, 0.5) is 8.78 Å². The second-order valence-corrected chi connectivity index (χ2v) is 5.26. The van der Waals surface area contributed by atoms with Crippen LogP contribution in [0, 0.1) is 11.6 Å². The Morgan fingerprint density at radius 2 is 1.82 bits per heavy atom. The van der Waals surface area contributed by atoms with Gasteiger partial charge in [0.15, 0.2) is 5.78 Å². The van der Waals surface area contributed by atoms with Gasteiger partial charge in [0.25, 0.3) is 0 Å². The van der Waals surface area contributed by atoms with E-state index in [1.165, 1.54) is 11.3 Å². The molecule has 0 radical (unpaired) electrons. The Kier molecular flexibility index (Phi) is 3.54. The molecule has 17 heavy (non-hydrogen) atoms. The Morgan fingerprint density at radius 1 is 1.18 bits per heavy atom. The summed E-state index contributed by atoms with van der Waals surface area (Å²) < 4.78 is 26.4. The van der Waals surface area contributed by atoms with Crippen molar-refractivity contribution >= 4 is 28.7 Å².